The van der Waals surface area contributed by atoms with E-state index in [0.717, 1.165) is 24.9 Å². The fraction of sp³-hybridized carbons (Fsp3) is 0.316. The predicted octanol–water partition coefficient (Wildman–Crippen LogP) is 3.94. The summed E-state index contributed by atoms with van der Waals surface area (Å²) >= 11 is 0. The number of hydrogen-bond donors (Lipinski definition) is 2. The summed E-state index contributed by atoms with van der Waals surface area (Å²) in [7, 11) is 0. The molecule has 3 rings (SSSR count). The lowest BCUT2D eigenvalue weighted by atomic mass is 9.88. The summed E-state index contributed by atoms with van der Waals surface area (Å²) in [5.74, 6) is -0.879. The molecule has 0 spiro atoms. The summed E-state index contributed by atoms with van der Waals surface area (Å²) < 4.78 is 0. The number of aromatic carboxylic acids is 1. The molecule has 0 bridgehead atoms. The highest BCUT2D eigenvalue weighted by Crippen LogP contribution is 2.38. The van der Waals surface area contributed by atoms with Crippen molar-refractivity contribution in [3.05, 3.63) is 71.3 Å². The molecule has 0 heterocycles. The van der Waals surface area contributed by atoms with Crippen LogP contribution in [0.4, 0.5) is 0 Å². The first-order chi connectivity index (χ1) is 10.7. The van der Waals surface area contributed by atoms with Crippen molar-refractivity contribution < 1.29 is 9.90 Å². The number of carbonyl (C=O) groups is 1. The third kappa shape index (κ3) is 3.04. The summed E-state index contributed by atoms with van der Waals surface area (Å²) in [6.45, 7) is 0.759. The summed E-state index contributed by atoms with van der Waals surface area (Å²) in [4.78, 5) is 10.9. The first-order valence-corrected chi connectivity index (χ1v) is 7.82. The number of carboxylic acid groups (broad SMARTS) is 1. The van der Waals surface area contributed by atoms with E-state index >= 15 is 0 Å². The van der Waals surface area contributed by atoms with Gasteiger partial charge in [-0.3, -0.25) is 0 Å². The van der Waals surface area contributed by atoms with Crippen LogP contribution in [-0.4, -0.2) is 11.1 Å². The number of carboxylic acids is 1. The normalized spacial score (nSPS) is 16.5. The van der Waals surface area contributed by atoms with Crippen LogP contribution in [0.5, 0.6) is 0 Å². The number of hydrogen-bond acceptors (Lipinski definition) is 2. The van der Waals surface area contributed by atoms with Gasteiger partial charge < -0.3 is 10.4 Å². The first kappa shape index (κ1) is 14.8. The van der Waals surface area contributed by atoms with Crippen LogP contribution in [0, 0.1) is 0 Å². The van der Waals surface area contributed by atoms with E-state index in [0.29, 0.717) is 5.56 Å². The number of rotatable bonds is 5. The Balaban J connectivity index is 1.74. The van der Waals surface area contributed by atoms with Crippen molar-refractivity contribution in [1.82, 2.24) is 5.32 Å². The quantitative estimate of drug-likeness (QED) is 0.878. The fourth-order valence-corrected chi connectivity index (χ4v) is 3.34. The van der Waals surface area contributed by atoms with Gasteiger partial charge in [0.05, 0.1) is 5.56 Å². The molecule has 0 unspecified atom stereocenters. The summed E-state index contributed by atoms with van der Waals surface area (Å²) in [5.41, 5.74) is 2.87. The van der Waals surface area contributed by atoms with E-state index in [4.69, 9.17) is 5.11 Å². The van der Waals surface area contributed by atoms with Crippen molar-refractivity contribution in [3.8, 4) is 0 Å². The molecule has 0 saturated heterocycles. The highest BCUT2D eigenvalue weighted by molar-refractivity contribution is 5.87. The molecule has 2 aromatic rings. The van der Waals surface area contributed by atoms with Crippen molar-refractivity contribution in [2.45, 2.75) is 37.8 Å². The highest BCUT2D eigenvalue weighted by Gasteiger charge is 2.34. The van der Waals surface area contributed by atoms with Crippen molar-refractivity contribution in [2.24, 2.45) is 0 Å². The maximum absolute atomic E-state index is 10.9. The molecule has 0 aromatic heterocycles. The Morgan fingerprint density at radius 3 is 2.23 bits per heavy atom. The molecule has 3 heteroatoms. The zero-order valence-electron chi connectivity index (χ0n) is 12.6. The lowest BCUT2D eigenvalue weighted by Crippen LogP contribution is -2.39. The van der Waals surface area contributed by atoms with Gasteiger partial charge in [-0.2, -0.15) is 0 Å². The SMILES string of the molecule is O=C(O)c1ccc(CNC2(c3ccccc3)CCCC2)cc1. The van der Waals surface area contributed by atoms with Crippen molar-refractivity contribution in [1.29, 1.82) is 0 Å². The van der Waals surface area contributed by atoms with Gasteiger partial charge in [0.15, 0.2) is 0 Å². The van der Waals surface area contributed by atoms with E-state index < -0.39 is 5.97 Å². The average molecular weight is 295 g/mol. The van der Waals surface area contributed by atoms with Gasteiger partial charge in [0.1, 0.15) is 0 Å². The molecule has 3 nitrogen and oxygen atoms in total. The Hall–Kier alpha value is -2.13. The maximum atomic E-state index is 10.9. The standard InChI is InChI=1S/C19H21NO2/c21-18(22)16-10-8-15(9-11-16)14-20-19(12-4-5-13-19)17-6-2-1-3-7-17/h1-3,6-11,20H,4-5,12-14H2,(H,21,22). The Kier molecular flexibility index (Phi) is 4.25. The minimum Gasteiger partial charge on any atom is -0.478 e. The molecule has 1 saturated carbocycles. The zero-order chi connectivity index (χ0) is 15.4. The van der Waals surface area contributed by atoms with Gasteiger partial charge in [0.25, 0.3) is 0 Å². The van der Waals surface area contributed by atoms with Gasteiger partial charge in [-0.15, -0.1) is 0 Å². The molecule has 114 valence electrons. The predicted molar refractivity (Wildman–Crippen MR) is 86.8 cm³/mol. The van der Waals surface area contributed by atoms with E-state index in [2.05, 4.69) is 35.6 Å². The van der Waals surface area contributed by atoms with Gasteiger partial charge in [-0.1, -0.05) is 55.3 Å². The second kappa shape index (κ2) is 6.32. The van der Waals surface area contributed by atoms with Crippen molar-refractivity contribution in [2.75, 3.05) is 0 Å². The second-order valence-corrected chi connectivity index (χ2v) is 6.01. The lowest BCUT2D eigenvalue weighted by molar-refractivity contribution is 0.0697. The third-order valence-corrected chi connectivity index (χ3v) is 4.62. The monoisotopic (exact) mass is 295 g/mol. The molecule has 2 N–H and O–H groups in total. The fourth-order valence-electron chi connectivity index (χ4n) is 3.34. The molecule has 0 radical (unpaired) electrons. The molecule has 2 aromatic carbocycles. The molecular formula is C19H21NO2. The zero-order valence-corrected chi connectivity index (χ0v) is 12.6. The topological polar surface area (TPSA) is 49.3 Å². The van der Waals surface area contributed by atoms with Gasteiger partial charge in [0.2, 0.25) is 0 Å². The molecule has 22 heavy (non-hydrogen) atoms. The molecular weight excluding hydrogens is 274 g/mol. The largest absolute Gasteiger partial charge is 0.478 e. The second-order valence-electron chi connectivity index (χ2n) is 6.01. The van der Waals surface area contributed by atoms with Crippen molar-refractivity contribution >= 4 is 5.97 Å². The first-order valence-electron chi connectivity index (χ1n) is 7.82. The van der Waals surface area contributed by atoms with E-state index in [1.165, 1.54) is 18.4 Å². The van der Waals surface area contributed by atoms with Crippen LogP contribution >= 0.6 is 0 Å². The number of benzene rings is 2. The van der Waals surface area contributed by atoms with E-state index in [1.54, 1.807) is 12.1 Å². The Bertz CT molecular complexity index is 628. The van der Waals surface area contributed by atoms with Crippen LogP contribution in [0.15, 0.2) is 54.6 Å². The Morgan fingerprint density at radius 2 is 1.64 bits per heavy atom. The molecule has 1 aliphatic rings. The molecule has 0 amide bonds. The average Bonchev–Trinajstić information content (AvgIpc) is 3.04. The van der Waals surface area contributed by atoms with Crippen LogP contribution in [-0.2, 0) is 12.1 Å². The highest BCUT2D eigenvalue weighted by atomic mass is 16.4. The third-order valence-electron chi connectivity index (χ3n) is 4.62. The molecule has 0 aliphatic heterocycles. The van der Waals surface area contributed by atoms with E-state index in [1.807, 2.05) is 12.1 Å². The Labute approximate surface area is 131 Å². The summed E-state index contributed by atoms with van der Waals surface area (Å²) in [5, 5.41) is 12.7. The van der Waals surface area contributed by atoms with Gasteiger partial charge in [-0.25, -0.2) is 4.79 Å². The van der Waals surface area contributed by atoms with E-state index in [9.17, 15) is 4.79 Å². The van der Waals surface area contributed by atoms with Crippen LogP contribution in [0.3, 0.4) is 0 Å². The Morgan fingerprint density at radius 1 is 1.00 bits per heavy atom. The van der Waals surface area contributed by atoms with Gasteiger partial charge in [-0.05, 0) is 36.1 Å². The summed E-state index contributed by atoms with van der Waals surface area (Å²) in [6.07, 6.45) is 4.81. The molecule has 0 atom stereocenters. The van der Waals surface area contributed by atoms with Crippen LogP contribution in [0.2, 0.25) is 0 Å². The van der Waals surface area contributed by atoms with Gasteiger partial charge >= 0.3 is 5.97 Å². The van der Waals surface area contributed by atoms with Gasteiger partial charge in [0, 0.05) is 12.1 Å². The molecule has 1 fully saturated rings. The minimum absolute atomic E-state index is 0.0622. The maximum Gasteiger partial charge on any atom is 0.335 e. The van der Waals surface area contributed by atoms with Crippen molar-refractivity contribution in [3.63, 3.8) is 0 Å². The van der Waals surface area contributed by atoms with Crippen LogP contribution in [0.25, 0.3) is 0 Å². The van der Waals surface area contributed by atoms with E-state index in [-0.39, 0.29) is 5.54 Å². The smallest absolute Gasteiger partial charge is 0.335 e. The minimum atomic E-state index is -0.879. The lowest BCUT2D eigenvalue weighted by Gasteiger charge is -2.31. The summed E-state index contributed by atoms with van der Waals surface area (Å²) in [6, 6.07) is 17.8. The molecule has 1 aliphatic carbocycles. The van der Waals surface area contributed by atoms with Crippen LogP contribution < -0.4 is 5.32 Å². The van der Waals surface area contributed by atoms with Crippen LogP contribution in [0.1, 0.15) is 47.2 Å². The number of nitrogens with one attached hydrogen (secondary N) is 1.